The monoisotopic (exact) mass is 390 g/mol. The second kappa shape index (κ2) is 7.40. The maximum absolute atomic E-state index is 13.7. The van der Waals surface area contributed by atoms with Crippen LogP contribution >= 0.6 is 11.6 Å². The summed E-state index contributed by atoms with van der Waals surface area (Å²) in [5.74, 6) is -3.33. The molecule has 0 bridgehead atoms. The Morgan fingerprint density at radius 1 is 1.11 bits per heavy atom. The van der Waals surface area contributed by atoms with Gasteiger partial charge in [0.15, 0.2) is 0 Å². The average molecular weight is 391 g/mol. The van der Waals surface area contributed by atoms with E-state index in [-0.39, 0.29) is 17.9 Å². The predicted molar refractivity (Wildman–Crippen MR) is 96.4 cm³/mol. The van der Waals surface area contributed by atoms with Gasteiger partial charge in [-0.05, 0) is 35.9 Å². The van der Waals surface area contributed by atoms with Crippen molar-refractivity contribution >= 4 is 29.6 Å². The van der Waals surface area contributed by atoms with Crippen LogP contribution < -0.4 is 4.74 Å². The molecule has 1 fully saturated rings. The Balaban J connectivity index is 1.88. The molecule has 1 heterocycles. The zero-order chi connectivity index (χ0) is 19.6. The lowest BCUT2D eigenvalue weighted by atomic mass is 10.1. The first-order valence-corrected chi connectivity index (χ1v) is 8.46. The number of carbonyl (C=O) groups is 2. The summed E-state index contributed by atoms with van der Waals surface area (Å²) in [5, 5.41) is 0.549. The fraction of sp³-hybridized carbons (Fsp3) is 0.200. The van der Waals surface area contributed by atoms with Crippen molar-refractivity contribution in [3.8, 4) is 5.75 Å². The molecule has 27 heavy (non-hydrogen) atoms. The van der Waals surface area contributed by atoms with Crippen LogP contribution in [0.1, 0.15) is 25.0 Å². The molecule has 0 unspecified atom stereocenters. The third-order valence-corrected chi connectivity index (χ3v) is 3.91. The first-order chi connectivity index (χ1) is 12.7. The standard InChI is InChI=1S/C20H16ClFO5/c1-20(2)26-18(23)16(19(24)27-20)9-13-6-7-15(22)10-17(13)25-11-12-4-3-5-14(21)8-12/h3-10H,11H2,1-2H3. The van der Waals surface area contributed by atoms with Crippen LogP contribution in [0, 0.1) is 5.82 Å². The minimum atomic E-state index is -1.33. The molecule has 0 N–H and O–H groups in total. The first-order valence-electron chi connectivity index (χ1n) is 8.09. The highest BCUT2D eigenvalue weighted by molar-refractivity contribution is 6.30. The van der Waals surface area contributed by atoms with Crippen molar-refractivity contribution in [3.05, 3.63) is 70.0 Å². The van der Waals surface area contributed by atoms with Gasteiger partial charge < -0.3 is 14.2 Å². The lowest BCUT2D eigenvalue weighted by Crippen LogP contribution is -2.41. The van der Waals surface area contributed by atoms with E-state index in [4.69, 9.17) is 25.8 Å². The molecule has 0 aromatic heterocycles. The summed E-state index contributed by atoms with van der Waals surface area (Å²) in [6, 6.07) is 10.8. The molecular formula is C20H16ClFO5. The summed E-state index contributed by atoms with van der Waals surface area (Å²) in [4.78, 5) is 24.2. The van der Waals surface area contributed by atoms with Crippen molar-refractivity contribution in [3.63, 3.8) is 0 Å². The van der Waals surface area contributed by atoms with Crippen molar-refractivity contribution < 1.29 is 28.2 Å². The van der Waals surface area contributed by atoms with Gasteiger partial charge in [-0.1, -0.05) is 23.7 Å². The van der Waals surface area contributed by atoms with Gasteiger partial charge in [-0.2, -0.15) is 0 Å². The van der Waals surface area contributed by atoms with Crippen LogP contribution in [0.25, 0.3) is 6.08 Å². The molecule has 1 aliphatic heterocycles. The van der Waals surface area contributed by atoms with Crippen molar-refractivity contribution in [1.29, 1.82) is 0 Å². The normalized spacial score (nSPS) is 15.8. The highest BCUT2D eigenvalue weighted by Gasteiger charge is 2.39. The zero-order valence-corrected chi connectivity index (χ0v) is 15.4. The predicted octanol–water partition coefficient (Wildman–Crippen LogP) is 4.28. The van der Waals surface area contributed by atoms with Crippen LogP contribution in [0.2, 0.25) is 5.02 Å². The summed E-state index contributed by atoms with van der Waals surface area (Å²) in [6.45, 7) is 3.04. The van der Waals surface area contributed by atoms with E-state index in [2.05, 4.69) is 0 Å². The van der Waals surface area contributed by atoms with Gasteiger partial charge in [0, 0.05) is 30.5 Å². The SMILES string of the molecule is CC1(C)OC(=O)C(=Cc2ccc(F)cc2OCc2cccc(Cl)c2)C(=O)O1. The molecule has 0 amide bonds. The number of benzene rings is 2. The Hall–Kier alpha value is -2.86. The molecule has 2 aromatic carbocycles. The van der Waals surface area contributed by atoms with Crippen molar-refractivity contribution in [1.82, 2.24) is 0 Å². The second-order valence-corrected chi connectivity index (χ2v) is 6.77. The van der Waals surface area contributed by atoms with Gasteiger partial charge >= 0.3 is 11.9 Å². The van der Waals surface area contributed by atoms with Crippen LogP contribution in [0.15, 0.2) is 48.0 Å². The number of ether oxygens (including phenoxy) is 3. The third-order valence-electron chi connectivity index (χ3n) is 3.68. The number of rotatable bonds is 4. The molecule has 0 radical (unpaired) electrons. The number of hydrogen-bond donors (Lipinski definition) is 0. The Bertz CT molecular complexity index is 914. The zero-order valence-electron chi connectivity index (χ0n) is 14.6. The van der Waals surface area contributed by atoms with Crippen LogP contribution in [0.5, 0.6) is 5.75 Å². The van der Waals surface area contributed by atoms with Gasteiger partial charge in [0.1, 0.15) is 23.7 Å². The van der Waals surface area contributed by atoms with Crippen molar-refractivity contribution in [2.24, 2.45) is 0 Å². The maximum Gasteiger partial charge on any atom is 0.348 e. The maximum atomic E-state index is 13.7. The molecule has 0 spiro atoms. The average Bonchev–Trinajstić information content (AvgIpc) is 2.57. The highest BCUT2D eigenvalue weighted by Crippen LogP contribution is 2.28. The third kappa shape index (κ3) is 4.65. The van der Waals surface area contributed by atoms with Gasteiger partial charge in [0.2, 0.25) is 0 Å². The first kappa shape index (κ1) is 18.9. The second-order valence-electron chi connectivity index (χ2n) is 6.34. The fourth-order valence-corrected chi connectivity index (χ4v) is 2.69. The van der Waals surface area contributed by atoms with E-state index >= 15 is 0 Å². The minimum Gasteiger partial charge on any atom is -0.488 e. The topological polar surface area (TPSA) is 61.8 Å². The van der Waals surface area contributed by atoms with Crippen molar-refractivity contribution in [2.75, 3.05) is 0 Å². The van der Waals surface area contributed by atoms with Gasteiger partial charge in [-0.3, -0.25) is 0 Å². The van der Waals surface area contributed by atoms with Crippen molar-refractivity contribution in [2.45, 2.75) is 26.2 Å². The number of halogens is 2. The van der Waals surface area contributed by atoms with E-state index < -0.39 is 23.5 Å². The van der Waals surface area contributed by atoms with E-state index in [0.29, 0.717) is 10.6 Å². The van der Waals surface area contributed by atoms with E-state index in [1.54, 1.807) is 24.3 Å². The summed E-state index contributed by atoms with van der Waals surface area (Å²) in [6.07, 6.45) is 1.26. The molecule has 1 saturated heterocycles. The Labute approximate surface area is 160 Å². The Morgan fingerprint density at radius 2 is 1.81 bits per heavy atom. The van der Waals surface area contributed by atoms with Crippen LogP contribution in [-0.4, -0.2) is 17.7 Å². The minimum absolute atomic E-state index is 0.127. The molecule has 3 rings (SSSR count). The smallest absolute Gasteiger partial charge is 0.348 e. The molecular weight excluding hydrogens is 375 g/mol. The number of hydrogen-bond acceptors (Lipinski definition) is 5. The molecule has 0 atom stereocenters. The lowest BCUT2D eigenvalue weighted by molar-refractivity contribution is -0.222. The van der Waals surface area contributed by atoms with Gasteiger partial charge in [0.05, 0.1) is 0 Å². The molecule has 1 aliphatic rings. The molecule has 7 heteroatoms. The lowest BCUT2D eigenvalue weighted by Gasteiger charge is -2.29. The van der Waals surface area contributed by atoms with E-state index in [1.165, 1.54) is 38.1 Å². The molecule has 0 saturated carbocycles. The van der Waals surface area contributed by atoms with E-state index in [1.807, 2.05) is 0 Å². The van der Waals surface area contributed by atoms with Crippen LogP contribution in [0.3, 0.4) is 0 Å². The van der Waals surface area contributed by atoms with Gasteiger partial charge in [-0.25, -0.2) is 14.0 Å². The Morgan fingerprint density at radius 3 is 2.48 bits per heavy atom. The fourth-order valence-electron chi connectivity index (χ4n) is 2.47. The largest absolute Gasteiger partial charge is 0.488 e. The summed E-state index contributed by atoms with van der Waals surface area (Å²) >= 11 is 5.94. The highest BCUT2D eigenvalue weighted by atomic mass is 35.5. The van der Waals surface area contributed by atoms with E-state index in [0.717, 1.165) is 5.56 Å². The number of carbonyl (C=O) groups excluding carboxylic acids is 2. The molecule has 5 nitrogen and oxygen atoms in total. The Kier molecular flexibility index (Phi) is 5.19. The van der Waals surface area contributed by atoms with E-state index in [9.17, 15) is 14.0 Å². The summed E-state index contributed by atoms with van der Waals surface area (Å²) < 4.78 is 29.4. The molecule has 140 valence electrons. The summed E-state index contributed by atoms with van der Waals surface area (Å²) in [5.41, 5.74) is 0.819. The quantitative estimate of drug-likeness (QED) is 0.443. The molecule has 2 aromatic rings. The molecule has 0 aliphatic carbocycles. The summed E-state index contributed by atoms with van der Waals surface area (Å²) in [7, 11) is 0. The number of cyclic esters (lactones) is 2. The van der Waals surface area contributed by atoms with Gasteiger partial charge in [-0.15, -0.1) is 0 Å². The van der Waals surface area contributed by atoms with Crippen LogP contribution in [0.4, 0.5) is 4.39 Å². The number of esters is 2. The van der Waals surface area contributed by atoms with Gasteiger partial charge in [0.25, 0.3) is 5.79 Å². The van der Waals surface area contributed by atoms with Crippen LogP contribution in [-0.2, 0) is 25.7 Å².